The fourth-order valence-corrected chi connectivity index (χ4v) is 2.77. The van der Waals surface area contributed by atoms with Gasteiger partial charge in [0.05, 0.1) is 12.6 Å². The van der Waals surface area contributed by atoms with E-state index in [0.717, 1.165) is 38.2 Å². The number of nitrogens with two attached hydrogens (primary N) is 1. The summed E-state index contributed by atoms with van der Waals surface area (Å²) in [5.74, 6) is 1.06. The lowest BCUT2D eigenvalue weighted by Crippen LogP contribution is -2.46. The maximum absolute atomic E-state index is 12.3. The molecule has 1 aliphatic rings. The van der Waals surface area contributed by atoms with Crippen molar-refractivity contribution >= 4 is 23.6 Å². The van der Waals surface area contributed by atoms with Crippen molar-refractivity contribution in [2.75, 3.05) is 58.8 Å². The van der Waals surface area contributed by atoms with Gasteiger partial charge in [-0.15, -0.1) is 0 Å². The first-order valence-electron chi connectivity index (χ1n) is 7.41. The molecule has 1 heterocycles. The minimum atomic E-state index is -0.396. The molecule has 1 atom stereocenters. The van der Waals surface area contributed by atoms with Gasteiger partial charge in [-0.1, -0.05) is 0 Å². The Labute approximate surface area is 132 Å². The quantitative estimate of drug-likeness (QED) is 0.728. The van der Waals surface area contributed by atoms with Gasteiger partial charge in [0.25, 0.3) is 0 Å². The molecule has 6 nitrogen and oxygen atoms in total. The fourth-order valence-electron chi connectivity index (χ4n) is 2.28. The van der Waals surface area contributed by atoms with Crippen LogP contribution >= 0.6 is 11.8 Å². The molecule has 0 saturated carbocycles. The summed E-state index contributed by atoms with van der Waals surface area (Å²) in [6.45, 7) is 3.41. The van der Waals surface area contributed by atoms with Gasteiger partial charge in [0.15, 0.2) is 0 Å². The predicted molar refractivity (Wildman–Crippen MR) is 87.3 cm³/mol. The summed E-state index contributed by atoms with van der Waals surface area (Å²) in [6.07, 6.45) is 3.63. The van der Waals surface area contributed by atoms with E-state index in [-0.39, 0.29) is 11.8 Å². The zero-order valence-corrected chi connectivity index (χ0v) is 14.2. The highest BCUT2D eigenvalue weighted by molar-refractivity contribution is 7.98. The molecule has 1 aliphatic heterocycles. The second-order valence-electron chi connectivity index (χ2n) is 5.63. The lowest BCUT2D eigenvalue weighted by molar-refractivity contribution is -0.132. The monoisotopic (exact) mass is 316 g/mol. The van der Waals surface area contributed by atoms with Crippen LogP contribution in [-0.4, -0.2) is 91.4 Å². The van der Waals surface area contributed by atoms with Crippen molar-refractivity contribution in [1.29, 1.82) is 0 Å². The van der Waals surface area contributed by atoms with Crippen LogP contribution in [0, 0.1) is 0 Å². The van der Waals surface area contributed by atoms with E-state index >= 15 is 0 Å². The molecule has 7 heteroatoms. The highest BCUT2D eigenvalue weighted by Gasteiger charge is 2.24. The maximum Gasteiger partial charge on any atom is 0.239 e. The summed E-state index contributed by atoms with van der Waals surface area (Å²) >= 11 is 1.71. The van der Waals surface area contributed by atoms with Gasteiger partial charge in [-0.05, 0) is 24.9 Å². The van der Waals surface area contributed by atoms with Crippen molar-refractivity contribution in [2.45, 2.75) is 18.9 Å². The Morgan fingerprint density at radius 3 is 2.57 bits per heavy atom. The van der Waals surface area contributed by atoms with E-state index in [9.17, 15) is 9.59 Å². The molecule has 0 aliphatic carbocycles. The molecule has 21 heavy (non-hydrogen) atoms. The molecule has 0 spiro atoms. The van der Waals surface area contributed by atoms with Gasteiger partial charge >= 0.3 is 0 Å². The minimum Gasteiger partial charge on any atom is -0.348 e. The van der Waals surface area contributed by atoms with Crippen molar-refractivity contribution in [1.82, 2.24) is 14.7 Å². The maximum atomic E-state index is 12.3. The normalized spacial score (nSPS) is 18.2. The third-order valence-electron chi connectivity index (χ3n) is 3.71. The average Bonchev–Trinajstić information content (AvgIpc) is 2.69. The predicted octanol–water partition coefficient (Wildman–Crippen LogP) is -0.311. The van der Waals surface area contributed by atoms with E-state index < -0.39 is 6.04 Å². The standard InChI is InChI=1S/C14H28N4O2S/c1-16(2)13(19)11-17-6-4-7-18(9-8-17)14(20)12(15)5-10-21-3/h12H,4-11,15H2,1-3H3/t12-/m1/s1. The molecule has 0 aromatic carbocycles. The summed E-state index contributed by atoms with van der Waals surface area (Å²) in [5.41, 5.74) is 5.96. The zero-order chi connectivity index (χ0) is 15.8. The van der Waals surface area contributed by atoms with Crippen molar-refractivity contribution in [3.63, 3.8) is 0 Å². The first-order valence-corrected chi connectivity index (χ1v) is 8.81. The number of amides is 2. The van der Waals surface area contributed by atoms with Gasteiger partial charge in [0.2, 0.25) is 11.8 Å². The van der Waals surface area contributed by atoms with Crippen molar-refractivity contribution in [3.8, 4) is 0 Å². The number of nitrogens with zero attached hydrogens (tertiary/aromatic N) is 3. The van der Waals surface area contributed by atoms with E-state index in [1.807, 2.05) is 11.2 Å². The summed E-state index contributed by atoms with van der Waals surface area (Å²) in [7, 11) is 3.53. The van der Waals surface area contributed by atoms with Gasteiger partial charge < -0.3 is 15.5 Å². The number of likely N-dealkylation sites (N-methyl/N-ethyl adjacent to an activating group) is 1. The van der Waals surface area contributed by atoms with Gasteiger partial charge in [-0.25, -0.2) is 0 Å². The molecule has 2 N–H and O–H groups in total. The van der Waals surface area contributed by atoms with Crippen LogP contribution in [0.1, 0.15) is 12.8 Å². The Morgan fingerprint density at radius 2 is 1.95 bits per heavy atom. The topological polar surface area (TPSA) is 69.9 Å². The number of carbonyl (C=O) groups excluding carboxylic acids is 2. The largest absolute Gasteiger partial charge is 0.348 e. The molecule has 0 radical (unpaired) electrons. The Bertz CT molecular complexity index is 352. The molecule has 2 amide bonds. The van der Waals surface area contributed by atoms with Gasteiger partial charge in [-0.3, -0.25) is 14.5 Å². The van der Waals surface area contributed by atoms with E-state index in [0.29, 0.717) is 13.1 Å². The molecule has 1 rings (SSSR count). The van der Waals surface area contributed by atoms with E-state index in [4.69, 9.17) is 5.73 Å². The molecular formula is C14H28N4O2S. The fraction of sp³-hybridized carbons (Fsp3) is 0.857. The van der Waals surface area contributed by atoms with E-state index in [1.54, 1.807) is 30.8 Å². The van der Waals surface area contributed by atoms with Crippen LogP contribution in [0.4, 0.5) is 0 Å². The Hall–Kier alpha value is -0.790. The lowest BCUT2D eigenvalue weighted by Gasteiger charge is -2.24. The van der Waals surface area contributed by atoms with Gasteiger partial charge in [0.1, 0.15) is 0 Å². The molecule has 0 unspecified atom stereocenters. The van der Waals surface area contributed by atoms with Crippen LogP contribution in [0.3, 0.4) is 0 Å². The molecule has 1 saturated heterocycles. The summed E-state index contributed by atoms with van der Waals surface area (Å²) in [5, 5.41) is 0. The SMILES string of the molecule is CSCC[C@@H](N)C(=O)N1CCCN(CC(=O)N(C)C)CC1. The second kappa shape index (κ2) is 9.27. The first kappa shape index (κ1) is 18.3. The highest BCUT2D eigenvalue weighted by atomic mass is 32.2. The average molecular weight is 316 g/mol. The smallest absolute Gasteiger partial charge is 0.239 e. The van der Waals surface area contributed by atoms with Crippen LogP contribution in [0.25, 0.3) is 0 Å². The molecule has 1 fully saturated rings. The summed E-state index contributed by atoms with van der Waals surface area (Å²) < 4.78 is 0. The highest BCUT2D eigenvalue weighted by Crippen LogP contribution is 2.07. The van der Waals surface area contributed by atoms with Crippen LogP contribution in [0.15, 0.2) is 0 Å². The van der Waals surface area contributed by atoms with Crippen molar-refractivity contribution in [2.24, 2.45) is 5.73 Å². The first-order chi connectivity index (χ1) is 9.95. The third kappa shape index (κ3) is 6.23. The number of carbonyl (C=O) groups is 2. The Balaban J connectivity index is 2.44. The van der Waals surface area contributed by atoms with E-state index in [1.165, 1.54) is 0 Å². The van der Waals surface area contributed by atoms with Crippen LogP contribution in [-0.2, 0) is 9.59 Å². The molecule has 0 aromatic heterocycles. The Kier molecular flexibility index (Phi) is 8.06. The van der Waals surface area contributed by atoms with Crippen LogP contribution < -0.4 is 5.73 Å². The zero-order valence-electron chi connectivity index (χ0n) is 13.4. The number of hydrogen-bond acceptors (Lipinski definition) is 5. The molecule has 0 bridgehead atoms. The molecule has 122 valence electrons. The lowest BCUT2D eigenvalue weighted by atomic mass is 10.2. The van der Waals surface area contributed by atoms with Crippen LogP contribution in [0.2, 0.25) is 0 Å². The Morgan fingerprint density at radius 1 is 1.24 bits per heavy atom. The summed E-state index contributed by atoms with van der Waals surface area (Å²) in [4.78, 5) is 29.6. The number of rotatable bonds is 6. The third-order valence-corrected chi connectivity index (χ3v) is 4.35. The van der Waals surface area contributed by atoms with Gasteiger partial charge in [0, 0.05) is 40.3 Å². The minimum absolute atomic E-state index is 0.0461. The van der Waals surface area contributed by atoms with Crippen LogP contribution in [0.5, 0.6) is 0 Å². The van der Waals surface area contributed by atoms with Gasteiger partial charge in [-0.2, -0.15) is 11.8 Å². The van der Waals surface area contributed by atoms with Crippen molar-refractivity contribution < 1.29 is 9.59 Å². The number of hydrogen-bond donors (Lipinski definition) is 1. The molecular weight excluding hydrogens is 288 g/mol. The second-order valence-corrected chi connectivity index (χ2v) is 6.62. The van der Waals surface area contributed by atoms with E-state index in [2.05, 4.69) is 4.90 Å². The molecule has 0 aromatic rings. The summed E-state index contributed by atoms with van der Waals surface area (Å²) in [6, 6.07) is -0.396. The number of thioether (sulfide) groups is 1. The van der Waals surface area contributed by atoms with Crippen molar-refractivity contribution in [3.05, 3.63) is 0 Å².